The lowest BCUT2D eigenvalue weighted by atomic mass is 10.1. The van der Waals surface area contributed by atoms with Crippen LogP contribution in [-0.2, 0) is 6.54 Å². The molecule has 0 bridgehead atoms. The van der Waals surface area contributed by atoms with Gasteiger partial charge in [-0.25, -0.2) is 9.78 Å². The molecule has 4 rings (SSSR count). The maximum absolute atomic E-state index is 13.2. The minimum atomic E-state index is -0.984. The second-order valence-electron chi connectivity index (χ2n) is 5.86. The van der Waals surface area contributed by atoms with Gasteiger partial charge in [-0.1, -0.05) is 18.2 Å². The number of carboxylic acids is 1. The maximum Gasteiger partial charge on any atom is 0.335 e. The maximum atomic E-state index is 13.2. The zero-order chi connectivity index (χ0) is 18.3. The van der Waals surface area contributed by atoms with E-state index >= 15 is 0 Å². The Kier molecular flexibility index (Phi) is 4.18. The van der Waals surface area contributed by atoms with Gasteiger partial charge >= 0.3 is 5.97 Å². The molecular weight excluding hydrogens is 368 g/mol. The molecule has 130 valence electrons. The molecule has 0 aliphatic carbocycles. The van der Waals surface area contributed by atoms with Crippen molar-refractivity contribution in [3.63, 3.8) is 0 Å². The van der Waals surface area contributed by atoms with Gasteiger partial charge in [0, 0.05) is 15.8 Å². The predicted octanol–water partition coefficient (Wildman–Crippen LogP) is 4.24. The highest BCUT2D eigenvalue weighted by Gasteiger charge is 2.16. The number of nitrogens with zero attached hydrogens (tertiary/aromatic N) is 2. The number of fused-ring (bicyclic) bond motifs is 1. The number of carbonyl (C=O) groups is 1. The fraction of sp³-hybridized carbons (Fsp3) is 0.105. The van der Waals surface area contributed by atoms with Crippen LogP contribution in [0.1, 0.15) is 21.7 Å². The normalized spacial score (nSPS) is 11.1. The minimum Gasteiger partial charge on any atom is -0.478 e. The van der Waals surface area contributed by atoms with E-state index in [1.807, 2.05) is 29.0 Å². The quantitative estimate of drug-likeness (QED) is 0.573. The van der Waals surface area contributed by atoms with Crippen molar-refractivity contribution < 1.29 is 9.90 Å². The lowest BCUT2D eigenvalue weighted by Gasteiger charge is -2.10. The summed E-state index contributed by atoms with van der Waals surface area (Å²) < 4.78 is 1.60. The summed E-state index contributed by atoms with van der Waals surface area (Å²) in [6.07, 6.45) is 0. The van der Waals surface area contributed by atoms with E-state index in [0.717, 1.165) is 20.8 Å². The first-order valence-corrected chi connectivity index (χ1v) is 9.65. The number of aromatic carboxylic acids is 1. The minimum absolute atomic E-state index is 0.0992. The SMILES string of the molecule is Cc1nc2scc(-c3cccs3)c2c(=O)n1Cc1cccc(C(=O)O)c1. The van der Waals surface area contributed by atoms with Crippen LogP contribution in [0.3, 0.4) is 0 Å². The molecule has 26 heavy (non-hydrogen) atoms. The molecule has 1 aromatic carbocycles. The molecule has 3 heterocycles. The van der Waals surface area contributed by atoms with Crippen LogP contribution < -0.4 is 5.56 Å². The molecule has 0 saturated carbocycles. The van der Waals surface area contributed by atoms with Gasteiger partial charge in [-0.05, 0) is 36.1 Å². The van der Waals surface area contributed by atoms with E-state index < -0.39 is 5.97 Å². The van der Waals surface area contributed by atoms with Gasteiger partial charge in [-0.3, -0.25) is 9.36 Å². The van der Waals surface area contributed by atoms with Crippen molar-refractivity contribution in [2.45, 2.75) is 13.5 Å². The van der Waals surface area contributed by atoms with E-state index in [-0.39, 0.29) is 17.7 Å². The van der Waals surface area contributed by atoms with Crippen LogP contribution in [0.2, 0.25) is 0 Å². The van der Waals surface area contributed by atoms with Crippen molar-refractivity contribution in [1.82, 2.24) is 9.55 Å². The molecule has 5 nitrogen and oxygen atoms in total. The van der Waals surface area contributed by atoms with Gasteiger partial charge in [0.2, 0.25) is 0 Å². The standard InChI is InChI=1S/C19H14N2O3S2/c1-11-20-17-16(14(10-26-17)15-6-3-7-25-15)18(22)21(11)9-12-4-2-5-13(8-12)19(23)24/h2-8,10H,9H2,1H3,(H,23,24). The van der Waals surface area contributed by atoms with Gasteiger partial charge in [0.05, 0.1) is 17.5 Å². The third-order valence-corrected chi connectivity index (χ3v) is 5.96. The summed E-state index contributed by atoms with van der Waals surface area (Å²) >= 11 is 3.06. The molecule has 0 atom stereocenters. The Balaban J connectivity index is 1.85. The van der Waals surface area contributed by atoms with Crippen LogP contribution in [0.5, 0.6) is 0 Å². The number of hydrogen-bond acceptors (Lipinski definition) is 5. The van der Waals surface area contributed by atoms with Crippen LogP contribution in [0.15, 0.2) is 52.0 Å². The summed E-state index contributed by atoms with van der Waals surface area (Å²) in [5.74, 6) is -0.370. The van der Waals surface area contributed by atoms with E-state index in [4.69, 9.17) is 5.11 Å². The van der Waals surface area contributed by atoms with Crippen LogP contribution in [-0.4, -0.2) is 20.6 Å². The molecule has 0 aliphatic rings. The van der Waals surface area contributed by atoms with Crippen molar-refractivity contribution in [1.29, 1.82) is 0 Å². The Morgan fingerprint density at radius 2 is 2.08 bits per heavy atom. The third-order valence-electron chi connectivity index (χ3n) is 4.19. The molecule has 0 spiro atoms. The Labute approximate surface area is 156 Å². The van der Waals surface area contributed by atoms with Crippen LogP contribution in [0.25, 0.3) is 20.7 Å². The lowest BCUT2D eigenvalue weighted by molar-refractivity contribution is 0.0696. The number of rotatable bonds is 4. The van der Waals surface area contributed by atoms with Crippen LogP contribution in [0, 0.1) is 6.92 Å². The molecule has 0 radical (unpaired) electrons. The van der Waals surface area contributed by atoms with E-state index in [2.05, 4.69) is 4.98 Å². The molecule has 7 heteroatoms. The van der Waals surface area contributed by atoms with Gasteiger partial charge < -0.3 is 5.11 Å². The monoisotopic (exact) mass is 382 g/mol. The van der Waals surface area contributed by atoms with Gasteiger partial charge in [0.15, 0.2) is 0 Å². The van der Waals surface area contributed by atoms with Crippen molar-refractivity contribution in [3.05, 3.63) is 74.5 Å². The Hall–Kier alpha value is -2.77. The van der Waals surface area contributed by atoms with Gasteiger partial charge in [0.25, 0.3) is 5.56 Å². The molecule has 0 saturated heterocycles. The van der Waals surface area contributed by atoms with Gasteiger partial charge in [-0.15, -0.1) is 22.7 Å². The first-order chi connectivity index (χ1) is 12.5. The van der Waals surface area contributed by atoms with Crippen LogP contribution >= 0.6 is 22.7 Å². The van der Waals surface area contributed by atoms with Gasteiger partial charge in [0.1, 0.15) is 10.7 Å². The molecular formula is C19H14N2O3S2. The average Bonchev–Trinajstić information content (AvgIpc) is 3.28. The average molecular weight is 382 g/mol. The smallest absolute Gasteiger partial charge is 0.335 e. The summed E-state index contributed by atoms with van der Waals surface area (Å²) in [7, 11) is 0. The van der Waals surface area contributed by atoms with Crippen molar-refractivity contribution >= 4 is 38.9 Å². The predicted molar refractivity (Wildman–Crippen MR) is 104 cm³/mol. The molecule has 0 fully saturated rings. The van der Waals surface area contributed by atoms with E-state index in [1.165, 1.54) is 17.4 Å². The second kappa shape index (κ2) is 6.51. The summed E-state index contributed by atoms with van der Waals surface area (Å²) in [4.78, 5) is 30.7. The third kappa shape index (κ3) is 2.85. The highest BCUT2D eigenvalue weighted by atomic mass is 32.1. The zero-order valence-corrected chi connectivity index (χ0v) is 15.4. The number of hydrogen-bond donors (Lipinski definition) is 1. The van der Waals surface area contributed by atoms with Crippen molar-refractivity contribution in [2.75, 3.05) is 0 Å². The van der Waals surface area contributed by atoms with Crippen LogP contribution in [0.4, 0.5) is 0 Å². The summed E-state index contributed by atoms with van der Waals surface area (Å²) in [6, 6.07) is 10.6. The molecule has 0 aliphatic heterocycles. The highest BCUT2D eigenvalue weighted by Crippen LogP contribution is 2.33. The zero-order valence-electron chi connectivity index (χ0n) is 13.8. The van der Waals surface area contributed by atoms with E-state index in [1.54, 1.807) is 35.0 Å². The largest absolute Gasteiger partial charge is 0.478 e. The van der Waals surface area contributed by atoms with E-state index in [0.29, 0.717) is 11.2 Å². The molecule has 0 amide bonds. The Bertz CT molecular complexity index is 1170. The second-order valence-corrected chi connectivity index (χ2v) is 7.67. The number of aromatic nitrogens is 2. The highest BCUT2D eigenvalue weighted by molar-refractivity contribution is 7.18. The Morgan fingerprint density at radius 3 is 2.81 bits per heavy atom. The number of thiophene rings is 2. The Morgan fingerprint density at radius 1 is 1.23 bits per heavy atom. The molecule has 1 N–H and O–H groups in total. The topological polar surface area (TPSA) is 72.2 Å². The summed E-state index contributed by atoms with van der Waals surface area (Å²) in [6.45, 7) is 2.08. The molecule has 3 aromatic heterocycles. The summed E-state index contributed by atoms with van der Waals surface area (Å²) in [5, 5.41) is 13.7. The first-order valence-electron chi connectivity index (χ1n) is 7.89. The fourth-order valence-electron chi connectivity index (χ4n) is 2.91. The van der Waals surface area contributed by atoms with E-state index in [9.17, 15) is 9.59 Å². The lowest BCUT2D eigenvalue weighted by Crippen LogP contribution is -2.24. The molecule has 4 aromatic rings. The number of carboxylic acid groups (broad SMARTS) is 1. The first kappa shape index (κ1) is 16.7. The fourth-order valence-corrected chi connectivity index (χ4v) is 4.71. The summed E-state index contributed by atoms with van der Waals surface area (Å²) in [5.41, 5.74) is 1.77. The number of benzene rings is 1. The molecule has 0 unspecified atom stereocenters. The van der Waals surface area contributed by atoms with Crippen molar-refractivity contribution in [3.8, 4) is 10.4 Å². The number of aryl methyl sites for hydroxylation is 1. The van der Waals surface area contributed by atoms with Gasteiger partial charge in [-0.2, -0.15) is 0 Å². The van der Waals surface area contributed by atoms with Crippen molar-refractivity contribution in [2.24, 2.45) is 0 Å².